The lowest BCUT2D eigenvalue weighted by Crippen LogP contribution is -2.30. The van der Waals surface area contributed by atoms with E-state index in [0.29, 0.717) is 29.7 Å². The number of rotatable bonds is 8. The Hall–Kier alpha value is -3.40. The second-order valence-corrected chi connectivity index (χ2v) is 9.11. The number of ether oxygens (including phenoxy) is 1. The molecule has 178 valence electrons. The van der Waals surface area contributed by atoms with Gasteiger partial charge in [-0.1, -0.05) is 18.5 Å². The van der Waals surface area contributed by atoms with E-state index in [0.717, 1.165) is 35.4 Å². The Balaban J connectivity index is 1.47. The molecule has 2 fully saturated rings. The van der Waals surface area contributed by atoms with Crippen LogP contribution in [0.1, 0.15) is 56.3 Å². The smallest absolute Gasteiger partial charge is 0.331 e. The fourth-order valence-electron chi connectivity index (χ4n) is 3.98. The van der Waals surface area contributed by atoms with Crippen LogP contribution in [0.2, 0.25) is 5.15 Å². The first-order chi connectivity index (χ1) is 16.3. The maximum Gasteiger partial charge on any atom is 0.331 e. The molecule has 11 heteroatoms. The number of aromatic nitrogens is 4. The van der Waals surface area contributed by atoms with E-state index in [1.807, 2.05) is 30.5 Å². The van der Waals surface area contributed by atoms with E-state index in [-0.39, 0.29) is 35.7 Å². The van der Waals surface area contributed by atoms with Gasteiger partial charge in [-0.25, -0.2) is 9.78 Å². The summed E-state index contributed by atoms with van der Waals surface area (Å²) in [7, 11) is 1.50. The number of nitrogens with zero attached hydrogens (tertiary/aromatic N) is 6. The molecule has 0 radical (unpaired) electrons. The summed E-state index contributed by atoms with van der Waals surface area (Å²) in [5.74, 6) is 0.764. The number of imidazole rings is 1. The second kappa shape index (κ2) is 8.75. The molecule has 2 aliphatic rings. The van der Waals surface area contributed by atoms with Gasteiger partial charge in [-0.2, -0.15) is 9.97 Å². The highest BCUT2D eigenvalue weighted by Crippen LogP contribution is 2.42. The van der Waals surface area contributed by atoms with E-state index in [9.17, 15) is 9.59 Å². The van der Waals surface area contributed by atoms with Gasteiger partial charge in [-0.3, -0.25) is 14.6 Å². The zero-order valence-corrected chi connectivity index (χ0v) is 20.0. The van der Waals surface area contributed by atoms with Gasteiger partial charge in [-0.05, 0) is 43.7 Å². The Morgan fingerprint density at radius 2 is 2.00 bits per heavy atom. The summed E-state index contributed by atoms with van der Waals surface area (Å²) in [6, 6.07) is 3.28. The highest BCUT2D eigenvalue weighted by Gasteiger charge is 2.36. The number of imide groups is 1. The molecule has 0 aromatic carbocycles. The van der Waals surface area contributed by atoms with Crippen molar-refractivity contribution in [2.75, 3.05) is 30.4 Å². The van der Waals surface area contributed by atoms with Crippen molar-refractivity contribution in [3.05, 3.63) is 40.9 Å². The Labute approximate surface area is 201 Å². The zero-order valence-electron chi connectivity index (χ0n) is 19.3. The minimum absolute atomic E-state index is 0.00901. The number of halogens is 1. The Kier molecular flexibility index (Phi) is 5.76. The summed E-state index contributed by atoms with van der Waals surface area (Å²) in [5.41, 5.74) is 3.16. The van der Waals surface area contributed by atoms with Gasteiger partial charge in [0, 0.05) is 25.5 Å². The van der Waals surface area contributed by atoms with Crippen LogP contribution in [-0.4, -0.2) is 56.4 Å². The van der Waals surface area contributed by atoms with Crippen LogP contribution in [0.3, 0.4) is 0 Å². The van der Waals surface area contributed by atoms with Crippen LogP contribution in [0.15, 0.2) is 24.5 Å². The number of likely N-dealkylation sites (N-methyl/N-ethyl adjacent to an activating group) is 1. The van der Waals surface area contributed by atoms with Crippen LogP contribution in [0.4, 0.5) is 16.3 Å². The van der Waals surface area contributed by atoms with Gasteiger partial charge in [-0.15, -0.1) is 0 Å². The molecule has 1 saturated carbocycles. The standard InChI is InChI=1S/C23H26ClN7O3/c1-4-7-34-22-27-18(24)9-19(28-22)25-13(2)16-11-30-10-15(14-5-6-14)8-17(21(30)26-16)31-12-20(32)29(3)23(31)33/h8-11,13-14H,4-7,12H2,1-3H3,(H,25,27,28)/t13-/m0/s1. The van der Waals surface area contributed by atoms with Crippen LogP contribution in [0.25, 0.3) is 5.65 Å². The zero-order chi connectivity index (χ0) is 24.0. The molecule has 0 unspecified atom stereocenters. The molecule has 4 heterocycles. The molecule has 3 aromatic rings. The molecule has 34 heavy (non-hydrogen) atoms. The number of hydrogen-bond donors (Lipinski definition) is 1. The van der Waals surface area contributed by atoms with Crippen molar-refractivity contribution in [1.82, 2.24) is 24.3 Å². The Morgan fingerprint density at radius 3 is 2.68 bits per heavy atom. The first-order valence-corrected chi connectivity index (χ1v) is 11.8. The molecule has 1 atom stereocenters. The first kappa shape index (κ1) is 22.4. The minimum atomic E-state index is -0.342. The molecule has 1 aliphatic heterocycles. The molecular weight excluding hydrogens is 458 g/mol. The van der Waals surface area contributed by atoms with Crippen LogP contribution in [0, 0.1) is 0 Å². The van der Waals surface area contributed by atoms with Gasteiger partial charge in [0.15, 0.2) is 5.65 Å². The van der Waals surface area contributed by atoms with Gasteiger partial charge >= 0.3 is 12.0 Å². The average Bonchev–Trinajstić information content (AvgIpc) is 3.51. The number of carbonyl (C=O) groups excluding carboxylic acids is 2. The van der Waals surface area contributed by atoms with Crippen LogP contribution in [0.5, 0.6) is 6.01 Å². The predicted molar refractivity (Wildman–Crippen MR) is 128 cm³/mol. The summed E-state index contributed by atoms with van der Waals surface area (Å²) in [6.45, 7) is 4.47. The van der Waals surface area contributed by atoms with E-state index < -0.39 is 0 Å². The normalized spacial score (nSPS) is 17.1. The van der Waals surface area contributed by atoms with Crippen molar-refractivity contribution in [2.24, 2.45) is 0 Å². The number of fused-ring (bicyclic) bond motifs is 1. The van der Waals surface area contributed by atoms with E-state index in [2.05, 4.69) is 21.5 Å². The maximum atomic E-state index is 12.7. The largest absolute Gasteiger partial charge is 0.463 e. The van der Waals surface area contributed by atoms with Crippen molar-refractivity contribution in [3.8, 4) is 6.01 Å². The highest BCUT2D eigenvalue weighted by atomic mass is 35.5. The predicted octanol–water partition coefficient (Wildman–Crippen LogP) is 4.02. The molecular formula is C23H26ClN7O3. The molecule has 1 aliphatic carbocycles. The number of anilines is 2. The number of carbonyl (C=O) groups is 2. The molecule has 1 N–H and O–H groups in total. The van der Waals surface area contributed by atoms with Crippen LogP contribution < -0.4 is 15.0 Å². The summed E-state index contributed by atoms with van der Waals surface area (Å²) in [4.78, 5) is 40.8. The van der Waals surface area contributed by atoms with Gasteiger partial charge in [0.05, 0.1) is 24.0 Å². The topological polar surface area (TPSA) is 105 Å². The van der Waals surface area contributed by atoms with Crippen LogP contribution in [-0.2, 0) is 4.79 Å². The summed E-state index contributed by atoms with van der Waals surface area (Å²) in [6.07, 6.45) is 7.07. The lowest BCUT2D eigenvalue weighted by atomic mass is 10.1. The van der Waals surface area contributed by atoms with E-state index >= 15 is 0 Å². The third-order valence-corrected chi connectivity index (χ3v) is 6.21. The molecule has 0 spiro atoms. The number of pyridine rings is 1. The third-order valence-electron chi connectivity index (χ3n) is 6.01. The van der Waals surface area contributed by atoms with Crippen molar-refractivity contribution in [2.45, 2.75) is 45.1 Å². The van der Waals surface area contributed by atoms with Crippen molar-refractivity contribution >= 4 is 40.7 Å². The quantitative estimate of drug-likeness (QED) is 0.381. The SMILES string of the molecule is CCCOc1nc(Cl)cc(N[C@@H](C)c2cn3cc(C4CC4)cc(N4CC(=O)N(C)C4=O)c3n2)n1. The van der Waals surface area contributed by atoms with Gasteiger partial charge < -0.3 is 14.5 Å². The minimum Gasteiger partial charge on any atom is -0.463 e. The molecule has 0 bridgehead atoms. The number of nitrogens with one attached hydrogen (secondary N) is 1. The van der Waals surface area contributed by atoms with Gasteiger partial charge in [0.1, 0.15) is 17.5 Å². The van der Waals surface area contributed by atoms with Crippen LogP contribution >= 0.6 is 11.6 Å². The van der Waals surface area contributed by atoms with Crippen molar-refractivity contribution < 1.29 is 14.3 Å². The summed E-state index contributed by atoms with van der Waals surface area (Å²) >= 11 is 6.15. The summed E-state index contributed by atoms with van der Waals surface area (Å²) in [5, 5.41) is 3.59. The van der Waals surface area contributed by atoms with E-state index in [1.165, 1.54) is 11.9 Å². The number of urea groups is 1. The average molecular weight is 484 g/mol. The lowest BCUT2D eigenvalue weighted by molar-refractivity contribution is -0.123. The molecule has 5 rings (SSSR count). The molecule has 1 saturated heterocycles. The van der Waals surface area contributed by atoms with Crippen molar-refractivity contribution in [3.63, 3.8) is 0 Å². The monoisotopic (exact) mass is 483 g/mol. The van der Waals surface area contributed by atoms with E-state index in [1.54, 1.807) is 6.07 Å². The fraction of sp³-hybridized carbons (Fsp3) is 0.435. The van der Waals surface area contributed by atoms with Gasteiger partial charge in [0.2, 0.25) is 5.91 Å². The first-order valence-electron chi connectivity index (χ1n) is 11.4. The molecule has 10 nitrogen and oxygen atoms in total. The highest BCUT2D eigenvalue weighted by molar-refractivity contribution is 6.29. The van der Waals surface area contributed by atoms with Gasteiger partial charge in [0.25, 0.3) is 0 Å². The maximum absolute atomic E-state index is 12.7. The van der Waals surface area contributed by atoms with Crippen molar-refractivity contribution in [1.29, 1.82) is 0 Å². The Morgan fingerprint density at radius 1 is 1.21 bits per heavy atom. The summed E-state index contributed by atoms with van der Waals surface area (Å²) < 4.78 is 7.46. The fourth-order valence-corrected chi connectivity index (χ4v) is 4.15. The third kappa shape index (κ3) is 4.25. The second-order valence-electron chi connectivity index (χ2n) is 8.72. The Bertz CT molecular complexity index is 1270. The lowest BCUT2D eigenvalue weighted by Gasteiger charge is -2.17. The molecule has 3 amide bonds. The number of hydrogen-bond acceptors (Lipinski definition) is 7. The molecule has 3 aromatic heterocycles. The van der Waals surface area contributed by atoms with E-state index in [4.69, 9.17) is 21.3 Å². The number of amides is 3.